The van der Waals surface area contributed by atoms with Gasteiger partial charge in [-0.3, -0.25) is 4.98 Å². The third kappa shape index (κ3) is 3.51. The topological polar surface area (TPSA) is 12.9 Å². The third-order valence-corrected chi connectivity index (χ3v) is 8.08. The molecule has 5 aromatic rings. The van der Waals surface area contributed by atoms with Crippen LogP contribution in [0, 0.1) is 11.3 Å². The van der Waals surface area contributed by atoms with Crippen molar-refractivity contribution < 1.29 is 0 Å². The van der Waals surface area contributed by atoms with Crippen LogP contribution in [0.4, 0.5) is 0 Å². The highest BCUT2D eigenvalue weighted by molar-refractivity contribution is 8.00. The molecule has 1 aliphatic rings. The Morgan fingerprint density at radius 2 is 1.65 bits per heavy atom. The minimum atomic E-state index is 0.200. The summed E-state index contributed by atoms with van der Waals surface area (Å²) < 4.78 is 0. The molecular formula is C32H31NS. The zero-order valence-electron chi connectivity index (χ0n) is 20.7. The molecule has 0 saturated heterocycles. The van der Waals surface area contributed by atoms with Crippen molar-refractivity contribution in [3.05, 3.63) is 78.0 Å². The van der Waals surface area contributed by atoms with Crippen LogP contribution >= 0.6 is 11.8 Å². The highest BCUT2D eigenvalue weighted by atomic mass is 32.2. The minimum Gasteiger partial charge on any atom is -0.256 e. The molecule has 2 heterocycles. The fraction of sp³-hybridized carbons (Fsp3) is 0.281. The van der Waals surface area contributed by atoms with E-state index in [1.807, 2.05) is 18.0 Å². The van der Waals surface area contributed by atoms with E-state index < -0.39 is 0 Å². The van der Waals surface area contributed by atoms with E-state index in [1.165, 1.54) is 58.8 Å². The van der Waals surface area contributed by atoms with Gasteiger partial charge in [0.2, 0.25) is 0 Å². The predicted octanol–water partition coefficient (Wildman–Crippen LogP) is 9.46. The maximum absolute atomic E-state index is 4.99. The number of benzene rings is 4. The largest absolute Gasteiger partial charge is 0.256 e. The van der Waals surface area contributed by atoms with Crippen LogP contribution in [-0.4, -0.2) is 4.98 Å². The summed E-state index contributed by atoms with van der Waals surface area (Å²) in [6.07, 6.45) is 4.15. The van der Waals surface area contributed by atoms with Gasteiger partial charge >= 0.3 is 0 Å². The molecule has 1 aromatic heterocycles. The second kappa shape index (κ2) is 7.85. The molecule has 0 bridgehead atoms. The van der Waals surface area contributed by atoms with E-state index in [0.717, 1.165) is 18.5 Å². The summed E-state index contributed by atoms with van der Waals surface area (Å²) >= 11 is 1.96. The molecule has 1 nitrogen and oxygen atoms in total. The van der Waals surface area contributed by atoms with Crippen molar-refractivity contribution in [3.8, 4) is 11.3 Å². The Balaban J connectivity index is 1.70. The lowest BCUT2D eigenvalue weighted by atomic mass is 9.84. The van der Waals surface area contributed by atoms with E-state index in [2.05, 4.69) is 95.3 Å². The third-order valence-electron chi connectivity index (χ3n) is 6.87. The highest BCUT2D eigenvalue weighted by Gasteiger charge is 2.27. The van der Waals surface area contributed by atoms with Crippen molar-refractivity contribution in [3.63, 3.8) is 0 Å². The van der Waals surface area contributed by atoms with Gasteiger partial charge in [0.1, 0.15) is 0 Å². The first-order valence-corrected chi connectivity index (χ1v) is 13.2. The van der Waals surface area contributed by atoms with Crippen LogP contribution < -0.4 is 0 Å². The van der Waals surface area contributed by atoms with Gasteiger partial charge in [-0.2, -0.15) is 0 Å². The molecule has 4 aromatic carbocycles. The zero-order valence-corrected chi connectivity index (χ0v) is 21.5. The van der Waals surface area contributed by atoms with Gasteiger partial charge in [-0.15, -0.1) is 0 Å². The maximum Gasteiger partial charge on any atom is 0.0803 e. The van der Waals surface area contributed by atoms with Gasteiger partial charge < -0.3 is 0 Å². The number of rotatable bonds is 3. The molecule has 6 rings (SSSR count). The van der Waals surface area contributed by atoms with Crippen molar-refractivity contribution in [1.29, 1.82) is 0 Å². The van der Waals surface area contributed by atoms with E-state index in [0.29, 0.717) is 5.92 Å². The average Bonchev–Trinajstić information content (AvgIpc) is 2.79. The summed E-state index contributed by atoms with van der Waals surface area (Å²) in [7, 11) is 0. The number of fused-ring (bicyclic) bond motifs is 5. The van der Waals surface area contributed by atoms with E-state index in [4.69, 9.17) is 4.98 Å². The van der Waals surface area contributed by atoms with Crippen molar-refractivity contribution in [2.24, 2.45) is 11.3 Å². The van der Waals surface area contributed by atoms with Gasteiger partial charge in [-0.1, -0.05) is 88.8 Å². The lowest BCUT2D eigenvalue weighted by Gasteiger charge is -2.27. The summed E-state index contributed by atoms with van der Waals surface area (Å²) in [5.41, 5.74) is 5.54. The van der Waals surface area contributed by atoms with Crippen LogP contribution in [0.1, 0.15) is 45.7 Å². The Labute approximate surface area is 206 Å². The van der Waals surface area contributed by atoms with Crippen LogP contribution in [0.15, 0.2) is 76.7 Å². The van der Waals surface area contributed by atoms with Crippen LogP contribution in [0.25, 0.3) is 43.6 Å². The summed E-state index contributed by atoms with van der Waals surface area (Å²) in [5, 5.41) is 8.06. The lowest BCUT2D eigenvalue weighted by Crippen LogP contribution is -2.12. The summed E-state index contributed by atoms with van der Waals surface area (Å²) in [5.74, 6) is 0.629. The molecule has 170 valence electrons. The Bertz CT molecular complexity index is 1590. The molecule has 0 fully saturated rings. The summed E-state index contributed by atoms with van der Waals surface area (Å²) in [4.78, 5) is 7.73. The molecule has 34 heavy (non-hydrogen) atoms. The van der Waals surface area contributed by atoms with Crippen molar-refractivity contribution in [2.45, 2.75) is 57.3 Å². The molecular weight excluding hydrogens is 430 g/mol. The first-order chi connectivity index (χ1) is 16.3. The van der Waals surface area contributed by atoms with E-state index >= 15 is 0 Å². The number of hydrogen-bond acceptors (Lipinski definition) is 2. The molecule has 0 atom stereocenters. The van der Waals surface area contributed by atoms with Gasteiger partial charge in [0.25, 0.3) is 0 Å². The molecule has 0 saturated carbocycles. The highest BCUT2D eigenvalue weighted by Crippen LogP contribution is 2.52. The maximum atomic E-state index is 4.99. The van der Waals surface area contributed by atoms with Crippen LogP contribution in [0.2, 0.25) is 0 Å². The van der Waals surface area contributed by atoms with Crippen molar-refractivity contribution >= 4 is 44.1 Å². The van der Waals surface area contributed by atoms with Gasteiger partial charge in [-0.05, 0) is 80.4 Å². The summed E-state index contributed by atoms with van der Waals surface area (Å²) in [6, 6.07) is 22.7. The Morgan fingerprint density at radius 1 is 0.853 bits per heavy atom. The van der Waals surface area contributed by atoms with E-state index in [-0.39, 0.29) is 5.41 Å². The molecule has 0 radical (unpaired) electrons. The number of pyridine rings is 1. The fourth-order valence-corrected chi connectivity index (χ4v) is 6.85. The Morgan fingerprint density at radius 3 is 2.44 bits per heavy atom. The zero-order chi connectivity index (χ0) is 23.6. The molecule has 0 N–H and O–H groups in total. The van der Waals surface area contributed by atoms with E-state index in [1.54, 1.807) is 0 Å². The molecule has 2 heteroatoms. The number of hydrogen-bond donors (Lipinski definition) is 0. The van der Waals surface area contributed by atoms with E-state index in [9.17, 15) is 0 Å². The second-order valence-electron chi connectivity index (χ2n) is 11.4. The fourth-order valence-electron chi connectivity index (χ4n) is 5.57. The molecule has 0 amide bonds. The Hall–Kier alpha value is -2.84. The average molecular weight is 462 g/mol. The van der Waals surface area contributed by atoms with Gasteiger partial charge in [0.15, 0.2) is 0 Å². The molecule has 0 aliphatic carbocycles. The standard InChI is InChI=1S/C32H31NS/c1-19(2)15-20-10-8-12-23-24-13-14-33-30-26-16-21-9-6-7-11-22(21)27(18-32(3,4)5)31(26)34-28(29(24)30)17-25(20)23/h6-14,16-17,19H,15,18H2,1-5H3. The van der Waals surface area contributed by atoms with Gasteiger partial charge in [-0.25, -0.2) is 0 Å². The molecule has 0 unspecified atom stereocenters. The van der Waals surface area contributed by atoms with Gasteiger partial charge in [0.05, 0.1) is 5.69 Å². The predicted molar refractivity (Wildman–Crippen MR) is 148 cm³/mol. The normalized spacial score (nSPS) is 13.2. The van der Waals surface area contributed by atoms with Crippen molar-refractivity contribution in [2.75, 3.05) is 0 Å². The van der Waals surface area contributed by atoms with Gasteiger partial charge in [0, 0.05) is 26.9 Å². The Kier molecular flexibility index (Phi) is 5.00. The van der Waals surface area contributed by atoms with Crippen LogP contribution in [0.5, 0.6) is 0 Å². The first kappa shape index (κ1) is 21.7. The lowest BCUT2D eigenvalue weighted by molar-refractivity contribution is 0.410. The summed E-state index contributed by atoms with van der Waals surface area (Å²) in [6.45, 7) is 11.6. The number of aromatic nitrogens is 1. The molecule has 1 aliphatic heterocycles. The first-order valence-electron chi connectivity index (χ1n) is 12.4. The number of nitrogens with zero attached hydrogens (tertiary/aromatic N) is 1. The van der Waals surface area contributed by atoms with Crippen molar-refractivity contribution in [1.82, 2.24) is 4.98 Å². The molecule has 0 spiro atoms. The van der Waals surface area contributed by atoms with Crippen LogP contribution in [-0.2, 0) is 12.8 Å². The smallest absolute Gasteiger partial charge is 0.0803 e. The second-order valence-corrected chi connectivity index (χ2v) is 12.4. The monoisotopic (exact) mass is 461 g/mol. The SMILES string of the molecule is CC(C)Cc1cccc2c1cc1c3c(nccc32)-c2cc3ccccc3c(CC(C)(C)C)c2S1. The minimum absolute atomic E-state index is 0.200. The van der Waals surface area contributed by atoms with Crippen LogP contribution in [0.3, 0.4) is 0 Å². The quantitative estimate of drug-likeness (QED) is 0.243.